The molecule has 78 valence electrons. The minimum Gasteiger partial charge on any atom is -0.361 e. The van der Waals surface area contributed by atoms with Crippen LogP contribution in [0.15, 0.2) is 4.99 Å². The van der Waals surface area contributed by atoms with Gasteiger partial charge in [0.15, 0.2) is 0 Å². The van der Waals surface area contributed by atoms with Crippen molar-refractivity contribution in [2.45, 2.75) is 59.5 Å². The van der Waals surface area contributed by atoms with Gasteiger partial charge in [0.2, 0.25) is 0 Å². The van der Waals surface area contributed by atoms with Crippen LogP contribution in [0.1, 0.15) is 47.5 Å². The van der Waals surface area contributed by atoms with Crippen molar-refractivity contribution in [3.8, 4) is 0 Å². The van der Waals surface area contributed by atoms with E-state index >= 15 is 0 Å². The maximum Gasteiger partial charge on any atom is 0.0991 e. The Labute approximate surface area is 83.0 Å². The van der Waals surface area contributed by atoms with Gasteiger partial charge >= 0.3 is 0 Å². The van der Waals surface area contributed by atoms with Crippen LogP contribution >= 0.6 is 0 Å². The van der Waals surface area contributed by atoms with Crippen molar-refractivity contribution in [1.29, 1.82) is 0 Å². The first-order chi connectivity index (χ1) is 5.99. The van der Waals surface area contributed by atoms with Crippen molar-refractivity contribution in [3.63, 3.8) is 0 Å². The maximum atomic E-state index is 4.63. The molecule has 0 saturated heterocycles. The lowest BCUT2D eigenvalue weighted by Gasteiger charge is -2.26. The van der Waals surface area contributed by atoms with Crippen molar-refractivity contribution in [3.05, 3.63) is 0 Å². The molecular weight excluding hydrogens is 160 g/mol. The van der Waals surface area contributed by atoms with Gasteiger partial charge in [-0.3, -0.25) is 4.99 Å². The first-order valence-electron chi connectivity index (χ1n) is 5.28. The Bertz CT molecular complexity index is 159. The van der Waals surface area contributed by atoms with E-state index in [2.05, 4.69) is 51.6 Å². The lowest BCUT2D eigenvalue weighted by Crippen LogP contribution is -2.33. The summed E-state index contributed by atoms with van der Waals surface area (Å²) in [7, 11) is 2.13. The first kappa shape index (κ1) is 12.5. The molecule has 0 aromatic carbocycles. The molecule has 2 nitrogen and oxygen atoms in total. The summed E-state index contributed by atoms with van der Waals surface area (Å²) in [4.78, 5) is 6.90. The Morgan fingerprint density at radius 1 is 1.23 bits per heavy atom. The highest BCUT2D eigenvalue weighted by Gasteiger charge is 2.08. The van der Waals surface area contributed by atoms with Gasteiger partial charge in [-0.15, -0.1) is 0 Å². The molecule has 2 heteroatoms. The summed E-state index contributed by atoms with van der Waals surface area (Å²) in [5.41, 5.74) is 0. The highest BCUT2D eigenvalue weighted by atomic mass is 15.2. The second-order valence-corrected chi connectivity index (χ2v) is 4.09. The topological polar surface area (TPSA) is 15.6 Å². The summed E-state index contributed by atoms with van der Waals surface area (Å²) in [6, 6.07) is 0.951. The van der Waals surface area contributed by atoms with Gasteiger partial charge in [-0.2, -0.15) is 0 Å². The third-order valence-corrected chi connectivity index (χ3v) is 2.06. The third kappa shape index (κ3) is 4.91. The molecule has 0 aliphatic rings. The Kier molecular flexibility index (Phi) is 5.76. The van der Waals surface area contributed by atoms with Crippen molar-refractivity contribution >= 4 is 5.84 Å². The van der Waals surface area contributed by atoms with E-state index in [-0.39, 0.29) is 0 Å². The lowest BCUT2D eigenvalue weighted by atomic mass is 10.2. The molecule has 0 bridgehead atoms. The van der Waals surface area contributed by atoms with Crippen molar-refractivity contribution in [1.82, 2.24) is 4.90 Å². The van der Waals surface area contributed by atoms with E-state index in [1.165, 1.54) is 12.3 Å². The van der Waals surface area contributed by atoms with E-state index in [4.69, 9.17) is 0 Å². The van der Waals surface area contributed by atoms with Crippen molar-refractivity contribution < 1.29 is 0 Å². The van der Waals surface area contributed by atoms with Crippen molar-refractivity contribution in [2.75, 3.05) is 7.05 Å². The molecule has 13 heavy (non-hydrogen) atoms. The third-order valence-electron chi connectivity index (χ3n) is 2.06. The molecule has 0 rings (SSSR count). The molecule has 0 radical (unpaired) electrons. The summed E-state index contributed by atoms with van der Waals surface area (Å²) < 4.78 is 0. The van der Waals surface area contributed by atoms with Crippen LogP contribution in [0.3, 0.4) is 0 Å². The van der Waals surface area contributed by atoms with Crippen LogP contribution in [0.2, 0.25) is 0 Å². The smallest absolute Gasteiger partial charge is 0.0991 e. The Morgan fingerprint density at radius 3 is 2.08 bits per heavy atom. The molecule has 0 saturated carbocycles. The number of hydrogen-bond acceptors (Lipinski definition) is 1. The second kappa shape index (κ2) is 6.01. The van der Waals surface area contributed by atoms with Crippen LogP contribution in [0.4, 0.5) is 0 Å². The molecule has 0 spiro atoms. The van der Waals surface area contributed by atoms with Gasteiger partial charge in [-0.05, 0) is 34.1 Å². The van der Waals surface area contributed by atoms with E-state index in [0.717, 1.165) is 6.42 Å². The fourth-order valence-electron chi connectivity index (χ4n) is 1.15. The minimum atomic E-state index is 0.405. The largest absolute Gasteiger partial charge is 0.361 e. The Balaban J connectivity index is 4.40. The average molecular weight is 184 g/mol. The fraction of sp³-hybridized carbons (Fsp3) is 0.909. The Morgan fingerprint density at radius 2 is 1.77 bits per heavy atom. The number of nitrogens with zero attached hydrogens (tertiary/aromatic N) is 2. The molecule has 0 aromatic heterocycles. The monoisotopic (exact) mass is 184 g/mol. The summed E-state index contributed by atoms with van der Waals surface area (Å²) in [5.74, 6) is 1.24. The summed E-state index contributed by atoms with van der Waals surface area (Å²) in [6.45, 7) is 10.9. The van der Waals surface area contributed by atoms with Crippen LogP contribution in [-0.4, -0.2) is 29.9 Å². The zero-order valence-electron chi connectivity index (χ0n) is 9.96. The van der Waals surface area contributed by atoms with Crippen LogP contribution in [0.5, 0.6) is 0 Å². The number of amidine groups is 1. The summed E-state index contributed by atoms with van der Waals surface area (Å²) >= 11 is 0. The molecule has 0 heterocycles. The van der Waals surface area contributed by atoms with E-state index in [9.17, 15) is 0 Å². The maximum absolute atomic E-state index is 4.63. The standard InChI is InChI=1S/C11H24N2/c1-7-8-11(12-9(2)3)13(6)10(4)5/h9-10H,7-8H2,1-6H3. The molecular formula is C11H24N2. The van der Waals surface area contributed by atoms with E-state index in [0.29, 0.717) is 12.1 Å². The molecule has 0 N–H and O–H groups in total. The van der Waals surface area contributed by atoms with Crippen LogP contribution < -0.4 is 0 Å². The number of hydrogen-bond donors (Lipinski definition) is 0. The van der Waals surface area contributed by atoms with Gasteiger partial charge in [-0.25, -0.2) is 0 Å². The zero-order valence-corrected chi connectivity index (χ0v) is 9.96. The van der Waals surface area contributed by atoms with Gasteiger partial charge < -0.3 is 4.90 Å². The predicted molar refractivity (Wildman–Crippen MR) is 60.4 cm³/mol. The zero-order chi connectivity index (χ0) is 10.4. The molecule has 0 aromatic rings. The molecule has 0 aliphatic carbocycles. The molecule has 0 unspecified atom stereocenters. The van der Waals surface area contributed by atoms with Gasteiger partial charge in [0, 0.05) is 25.6 Å². The number of rotatable bonds is 4. The fourth-order valence-corrected chi connectivity index (χ4v) is 1.15. The average Bonchev–Trinajstić information content (AvgIpc) is 2.01. The molecule has 0 amide bonds. The van der Waals surface area contributed by atoms with E-state index < -0.39 is 0 Å². The lowest BCUT2D eigenvalue weighted by molar-refractivity contribution is 0.405. The van der Waals surface area contributed by atoms with Crippen molar-refractivity contribution in [2.24, 2.45) is 4.99 Å². The number of aliphatic imine (C=N–C) groups is 1. The molecule has 0 atom stereocenters. The van der Waals surface area contributed by atoms with E-state index in [1.54, 1.807) is 0 Å². The van der Waals surface area contributed by atoms with Gasteiger partial charge in [0.05, 0.1) is 5.84 Å². The van der Waals surface area contributed by atoms with Crippen LogP contribution in [-0.2, 0) is 0 Å². The van der Waals surface area contributed by atoms with E-state index in [1.807, 2.05) is 0 Å². The predicted octanol–water partition coefficient (Wildman–Crippen LogP) is 2.93. The molecule has 0 aliphatic heterocycles. The molecule has 0 fully saturated rings. The second-order valence-electron chi connectivity index (χ2n) is 4.09. The van der Waals surface area contributed by atoms with Gasteiger partial charge in [0.25, 0.3) is 0 Å². The van der Waals surface area contributed by atoms with Gasteiger partial charge in [-0.1, -0.05) is 6.92 Å². The van der Waals surface area contributed by atoms with Gasteiger partial charge in [0.1, 0.15) is 0 Å². The normalized spacial score (nSPS) is 12.8. The minimum absolute atomic E-state index is 0.405. The highest BCUT2D eigenvalue weighted by Crippen LogP contribution is 2.04. The first-order valence-corrected chi connectivity index (χ1v) is 5.28. The Hall–Kier alpha value is -0.530. The quantitative estimate of drug-likeness (QED) is 0.484. The summed E-state index contributed by atoms with van der Waals surface area (Å²) in [6.07, 6.45) is 2.26. The van der Waals surface area contributed by atoms with Crippen LogP contribution in [0, 0.1) is 0 Å². The SMILES string of the molecule is CCCC(=NC(C)C)N(C)C(C)C. The van der Waals surface area contributed by atoms with Crippen LogP contribution in [0.25, 0.3) is 0 Å². The highest BCUT2D eigenvalue weighted by molar-refractivity contribution is 5.82. The summed E-state index contributed by atoms with van der Waals surface area (Å²) in [5, 5.41) is 0.